The van der Waals surface area contributed by atoms with Crippen molar-refractivity contribution in [3.63, 3.8) is 0 Å². The van der Waals surface area contributed by atoms with Crippen LogP contribution in [0.5, 0.6) is 0 Å². The van der Waals surface area contributed by atoms with E-state index in [4.69, 9.17) is 0 Å². The number of carbonyl (C=O) groups excluding carboxylic acids is 1. The molecular weight excluding hydrogens is 358 g/mol. The van der Waals surface area contributed by atoms with Crippen molar-refractivity contribution >= 4 is 27.5 Å². The average molecular weight is 382 g/mol. The smallest absolute Gasteiger partial charge is 0.259 e. The summed E-state index contributed by atoms with van der Waals surface area (Å²) in [6.45, 7) is 2.02. The van der Waals surface area contributed by atoms with Gasteiger partial charge in [-0.15, -0.1) is 11.3 Å². The van der Waals surface area contributed by atoms with Crippen LogP contribution in [-0.4, -0.2) is 27.8 Å². The minimum atomic E-state index is -0.0622. The van der Waals surface area contributed by atoms with Crippen molar-refractivity contribution in [1.82, 2.24) is 14.9 Å². The van der Waals surface area contributed by atoms with Crippen molar-refractivity contribution in [3.05, 3.63) is 62.5 Å². The third-order valence-corrected chi connectivity index (χ3v) is 6.64. The lowest BCUT2D eigenvalue weighted by Crippen LogP contribution is -2.30. The number of nitrogens with zero attached hydrogens (tertiary/aromatic N) is 2. The van der Waals surface area contributed by atoms with E-state index in [0.29, 0.717) is 18.7 Å². The molecule has 1 aliphatic carbocycles. The van der Waals surface area contributed by atoms with Crippen LogP contribution in [0.25, 0.3) is 10.2 Å². The van der Waals surface area contributed by atoms with Gasteiger partial charge in [-0.05, 0) is 37.3 Å². The zero-order valence-corrected chi connectivity index (χ0v) is 16.4. The second-order valence-electron chi connectivity index (χ2n) is 7.14. The first-order chi connectivity index (χ1) is 13.0. The van der Waals surface area contributed by atoms with Gasteiger partial charge in [-0.3, -0.25) is 9.59 Å². The third-order valence-electron chi connectivity index (χ3n) is 5.46. The summed E-state index contributed by atoms with van der Waals surface area (Å²) in [5, 5.41) is 0.761. The van der Waals surface area contributed by atoms with E-state index >= 15 is 0 Å². The third kappa shape index (κ3) is 3.41. The molecule has 1 atom stereocenters. The number of H-pyrrole nitrogens is 1. The maximum Gasteiger partial charge on any atom is 0.259 e. The van der Waals surface area contributed by atoms with Gasteiger partial charge in [-0.1, -0.05) is 30.3 Å². The number of thiophene rings is 1. The number of rotatable bonds is 5. The summed E-state index contributed by atoms with van der Waals surface area (Å²) in [5.41, 5.74) is 2.23. The van der Waals surface area contributed by atoms with E-state index in [0.717, 1.165) is 35.0 Å². The molecule has 27 heavy (non-hydrogen) atoms. The molecule has 2 aromatic heterocycles. The van der Waals surface area contributed by atoms with Gasteiger partial charge in [0.1, 0.15) is 10.7 Å². The molecule has 0 bridgehead atoms. The molecule has 2 heterocycles. The molecule has 1 aliphatic rings. The number of nitrogens with one attached hydrogen (secondary N) is 1. The highest BCUT2D eigenvalue weighted by molar-refractivity contribution is 7.18. The number of aryl methyl sites for hydroxylation is 3. The molecule has 1 aromatic carbocycles. The van der Waals surface area contributed by atoms with Gasteiger partial charge >= 0.3 is 0 Å². The molecule has 0 fully saturated rings. The predicted molar refractivity (Wildman–Crippen MR) is 108 cm³/mol. The van der Waals surface area contributed by atoms with Crippen LogP contribution >= 0.6 is 11.3 Å². The molecule has 140 valence electrons. The molecule has 0 radical (unpaired) electrons. The van der Waals surface area contributed by atoms with Gasteiger partial charge < -0.3 is 9.88 Å². The lowest BCUT2D eigenvalue weighted by Gasteiger charge is -2.25. The lowest BCUT2D eigenvalue weighted by molar-refractivity contribution is -0.131. The minimum Gasteiger partial charge on any atom is -0.339 e. The van der Waals surface area contributed by atoms with Crippen molar-refractivity contribution in [1.29, 1.82) is 0 Å². The summed E-state index contributed by atoms with van der Waals surface area (Å²) < 4.78 is 0. The molecule has 1 N–H and O–H groups in total. The monoisotopic (exact) mass is 381 g/mol. The highest BCUT2D eigenvalue weighted by atomic mass is 32.1. The highest BCUT2D eigenvalue weighted by Gasteiger charge is 2.22. The number of benzene rings is 1. The van der Waals surface area contributed by atoms with Crippen LogP contribution < -0.4 is 5.56 Å². The average Bonchev–Trinajstić information content (AvgIpc) is 3.26. The Morgan fingerprint density at radius 1 is 1.30 bits per heavy atom. The van der Waals surface area contributed by atoms with E-state index < -0.39 is 0 Å². The molecule has 0 unspecified atom stereocenters. The van der Waals surface area contributed by atoms with Crippen LogP contribution in [0.2, 0.25) is 0 Å². The summed E-state index contributed by atoms with van der Waals surface area (Å²) in [7, 11) is 1.82. The Balaban J connectivity index is 1.47. The van der Waals surface area contributed by atoms with Crippen molar-refractivity contribution in [2.75, 3.05) is 7.05 Å². The number of carbonyl (C=O) groups is 1. The van der Waals surface area contributed by atoms with Gasteiger partial charge in [0.05, 0.1) is 11.4 Å². The summed E-state index contributed by atoms with van der Waals surface area (Å²) in [4.78, 5) is 36.5. The quantitative estimate of drug-likeness (QED) is 0.734. The van der Waals surface area contributed by atoms with Crippen molar-refractivity contribution in [2.24, 2.45) is 0 Å². The van der Waals surface area contributed by atoms with Crippen LogP contribution in [0.15, 0.2) is 35.1 Å². The maximum absolute atomic E-state index is 12.6. The maximum atomic E-state index is 12.6. The van der Waals surface area contributed by atoms with Crippen LogP contribution in [0.4, 0.5) is 0 Å². The first-order valence-corrected chi connectivity index (χ1v) is 10.2. The van der Waals surface area contributed by atoms with Crippen LogP contribution in [0.3, 0.4) is 0 Å². The largest absolute Gasteiger partial charge is 0.339 e. The Labute approximate surface area is 162 Å². The standard InChI is InChI=1S/C21H23N3O2S/c1-13(14-7-4-3-5-8-14)24(2)18(25)12-11-17-22-20(26)19-15-9-6-10-16(15)27-21(19)23-17/h3-5,7-8,13H,6,9-12H2,1-2H3,(H,22,23,26)/t13-/m1/s1. The summed E-state index contributed by atoms with van der Waals surface area (Å²) in [6, 6.07) is 9.98. The number of aromatic nitrogens is 2. The first kappa shape index (κ1) is 17.9. The lowest BCUT2D eigenvalue weighted by atomic mass is 10.1. The summed E-state index contributed by atoms with van der Waals surface area (Å²) in [5.74, 6) is 0.643. The van der Waals surface area contributed by atoms with Gasteiger partial charge in [-0.25, -0.2) is 4.98 Å². The molecular formula is C21H23N3O2S. The Bertz CT molecular complexity index is 1040. The van der Waals surface area contributed by atoms with Crippen LogP contribution in [0, 0.1) is 0 Å². The minimum absolute atomic E-state index is 0.00783. The second kappa shape index (κ2) is 7.27. The summed E-state index contributed by atoms with van der Waals surface area (Å²) >= 11 is 1.63. The highest BCUT2D eigenvalue weighted by Crippen LogP contribution is 2.34. The van der Waals surface area contributed by atoms with E-state index in [9.17, 15) is 9.59 Å². The topological polar surface area (TPSA) is 66.1 Å². The molecule has 1 amide bonds. The van der Waals surface area contributed by atoms with Gasteiger partial charge in [0.2, 0.25) is 5.91 Å². The van der Waals surface area contributed by atoms with E-state index in [-0.39, 0.29) is 17.5 Å². The van der Waals surface area contributed by atoms with E-state index in [1.807, 2.05) is 44.3 Å². The van der Waals surface area contributed by atoms with Gasteiger partial charge in [0, 0.05) is 24.8 Å². The van der Waals surface area contributed by atoms with E-state index in [2.05, 4.69) is 9.97 Å². The molecule has 6 heteroatoms. The van der Waals surface area contributed by atoms with Crippen molar-refractivity contribution in [3.8, 4) is 0 Å². The van der Waals surface area contributed by atoms with E-state index in [1.54, 1.807) is 16.2 Å². The van der Waals surface area contributed by atoms with Crippen LogP contribution in [0.1, 0.15) is 47.6 Å². The number of amides is 1. The fraction of sp³-hybridized carbons (Fsp3) is 0.381. The summed E-state index contributed by atoms with van der Waals surface area (Å²) in [6.07, 6.45) is 3.91. The van der Waals surface area contributed by atoms with Gasteiger partial charge in [-0.2, -0.15) is 0 Å². The fourth-order valence-electron chi connectivity index (χ4n) is 3.74. The Hall–Kier alpha value is -2.47. The zero-order chi connectivity index (χ0) is 19.0. The number of hydrogen-bond donors (Lipinski definition) is 1. The van der Waals surface area contributed by atoms with Gasteiger partial charge in [0.15, 0.2) is 0 Å². The predicted octanol–water partition coefficient (Wildman–Crippen LogP) is 3.63. The fourth-order valence-corrected chi connectivity index (χ4v) is 5.02. The molecule has 0 saturated carbocycles. The van der Waals surface area contributed by atoms with Crippen molar-refractivity contribution in [2.45, 2.75) is 45.1 Å². The Morgan fingerprint density at radius 3 is 2.85 bits per heavy atom. The molecule has 0 aliphatic heterocycles. The SMILES string of the molecule is C[C@H](c1ccccc1)N(C)C(=O)CCc1nc2sc3c(c2c(=O)[nH]1)CCC3. The Morgan fingerprint density at radius 2 is 2.07 bits per heavy atom. The number of fused-ring (bicyclic) bond motifs is 3. The number of aromatic amines is 1. The normalized spacial score (nSPS) is 14.3. The second-order valence-corrected chi connectivity index (χ2v) is 8.23. The van der Waals surface area contributed by atoms with Crippen LogP contribution in [-0.2, 0) is 24.1 Å². The molecule has 3 aromatic rings. The Kier molecular flexibility index (Phi) is 4.83. The molecule has 0 saturated heterocycles. The zero-order valence-electron chi connectivity index (χ0n) is 15.6. The molecule has 5 nitrogen and oxygen atoms in total. The van der Waals surface area contributed by atoms with Crippen molar-refractivity contribution < 1.29 is 4.79 Å². The molecule has 0 spiro atoms. The number of hydrogen-bond acceptors (Lipinski definition) is 4. The van der Waals surface area contributed by atoms with E-state index in [1.165, 1.54) is 10.4 Å². The van der Waals surface area contributed by atoms with Gasteiger partial charge in [0.25, 0.3) is 5.56 Å². The molecule has 4 rings (SSSR count). The first-order valence-electron chi connectivity index (χ1n) is 9.38.